The van der Waals surface area contributed by atoms with Crippen molar-refractivity contribution in [1.29, 1.82) is 0 Å². The molecule has 0 amide bonds. The van der Waals surface area contributed by atoms with Crippen LogP contribution in [0.2, 0.25) is 0 Å². The quantitative estimate of drug-likeness (QED) is 0.412. The molecule has 0 bridgehead atoms. The number of aromatic nitrogens is 2. The smallest absolute Gasteiger partial charge is 0.191 e. The number of likely N-dealkylation sites (N-methyl/N-ethyl adjacent to an activating group) is 1. The number of aliphatic imine (C=N–C) groups is 1. The molecule has 0 aliphatic rings. The minimum Gasteiger partial charge on any atom is -0.497 e. The number of methoxy groups -OCH3 is 1. The van der Waals surface area contributed by atoms with Gasteiger partial charge in [0, 0.05) is 32.5 Å². The molecule has 7 heteroatoms. The van der Waals surface area contributed by atoms with Gasteiger partial charge in [-0.05, 0) is 62.0 Å². The molecule has 0 saturated heterocycles. The molecular formula is C24H32N6O. The van der Waals surface area contributed by atoms with Gasteiger partial charge in [0.1, 0.15) is 5.75 Å². The fourth-order valence-electron chi connectivity index (χ4n) is 3.42. The van der Waals surface area contributed by atoms with Gasteiger partial charge in [-0.2, -0.15) is 5.10 Å². The van der Waals surface area contributed by atoms with Crippen LogP contribution in [0.4, 0.5) is 0 Å². The molecule has 2 aromatic carbocycles. The van der Waals surface area contributed by atoms with Crippen LogP contribution in [-0.4, -0.2) is 62.0 Å². The van der Waals surface area contributed by atoms with Crippen LogP contribution >= 0.6 is 0 Å². The van der Waals surface area contributed by atoms with E-state index in [4.69, 9.17) is 4.74 Å². The van der Waals surface area contributed by atoms with Crippen molar-refractivity contribution in [3.63, 3.8) is 0 Å². The Morgan fingerprint density at radius 2 is 1.94 bits per heavy atom. The van der Waals surface area contributed by atoms with E-state index in [0.717, 1.165) is 36.9 Å². The fourth-order valence-corrected chi connectivity index (χ4v) is 3.42. The average molecular weight is 421 g/mol. The van der Waals surface area contributed by atoms with E-state index in [0.29, 0.717) is 0 Å². The summed E-state index contributed by atoms with van der Waals surface area (Å²) in [5.41, 5.74) is 3.53. The van der Waals surface area contributed by atoms with E-state index in [-0.39, 0.29) is 6.04 Å². The summed E-state index contributed by atoms with van der Waals surface area (Å²) in [5, 5.41) is 11.1. The van der Waals surface area contributed by atoms with Gasteiger partial charge in [-0.1, -0.05) is 24.3 Å². The van der Waals surface area contributed by atoms with Crippen molar-refractivity contribution in [1.82, 2.24) is 25.3 Å². The van der Waals surface area contributed by atoms with E-state index in [9.17, 15) is 0 Å². The minimum absolute atomic E-state index is 0.198. The SMILES string of the molecule is CN=C(NCCc1ccc(-n2cccn2)cc1)NCC(c1cccc(OC)c1)N(C)C. The van der Waals surface area contributed by atoms with E-state index in [1.54, 1.807) is 20.4 Å². The predicted octanol–water partition coefficient (Wildman–Crippen LogP) is 2.89. The van der Waals surface area contributed by atoms with Gasteiger partial charge in [0.25, 0.3) is 0 Å². The van der Waals surface area contributed by atoms with Crippen molar-refractivity contribution in [3.8, 4) is 11.4 Å². The molecule has 0 radical (unpaired) electrons. The molecule has 0 spiro atoms. The maximum absolute atomic E-state index is 5.38. The number of nitrogens with zero attached hydrogens (tertiary/aromatic N) is 4. The number of hydrogen-bond donors (Lipinski definition) is 2. The van der Waals surface area contributed by atoms with Gasteiger partial charge in [0.2, 0.25) is 0 Å². The van der Waals surface area contributed by atoms with Crippen LogP contribution in [0.25, 0.3) is 5.69 Å². The monoisotopic (exact) mass is 420 g/mol. The molecule has 164 valence electrons. The first-order valence-electron chi connectivity index (χ1n) is 10.4. The first-order valence-corrected chi connectivity index (χ1v) is 10.4. The van der Waals surface area contributed by atoms with Crippen LogP contribution < -0.4 is 15.4 Å². The summed E-state index contributed by atoms with van der Waals surface area (Å²) >= 11 is 0. The Morgan fingerprint density at radius 3 is 2.58 bits per heavy atom. The van der Waals surface area contributed by atoms with Gasteiger partial charge in [-0.25, -0.2) is 4.68 Å². The Bertz CT molecular complexity index is 950. The molecule has 1 unspecified atom stereocenters. The fraction of sp³-hybridized carbons (Fsp3) is 0.333. The van der Waals surface area contributed by atoms with Gasteiger partial charge >= 0.3 is 0 Å². The van der Waals surface area contributed by atoms with Crippen LogP contribution in [0.15, 0.2) is 72.0 Å². The van der Waals surface area contributed by atoms with Crippen LogP contribution in [0, 0.1) is 0 Å². The van der Waals surface area contributed by atoms with Crippen molar-refractivity contribution in [2.75, 3.05) is 41.3 Å². The largest absolute Gasteiger partial charge is 0.497 e. The molecule has 1 aromatic heterocycles. The molecule has 1 atom stereocenters. The second kappa shape index (κ2) is 11.2. The number of nitrogens with one attached hydrogen (secondary N) is 2. The predicted molar refractivity (Wildman–Crippen MR) is 126 cm³/mol. The lowest BCUT2D eigenvalue weighted by Gasteiger charge is -2.26. The lowest BCUT2D eigenvalue weighted by atomic mass is 10.1. The van der Waals surface area contributed by atoms with Crippen LogP contribution in [0.1, 0.15) is 17.2 Å². The molecule has 1 heterocycles. The van der Waals surface area contributed by atoms with Crippen LogP contribution in [-0.2, 0) is 6.42 Å². The number of guanidine groups is 1. The van der Waals surface area contributed by atoms with Crippen LogP contribution in [0.3, 0.4) is 0 Å². The molecule has 0 saturated carbocycles. The topological polar surface area (TPSA) is 66.7 Å². The second-order valence-corrected chi connectivity index (χ2v) is 7.50. The third-order valence-electron chi connectivity index (χ3n) is 5.20. The third kappa shape index (κ3) is 6.33. The molecule has 0 aliphatic heterocycles. The van der Waals surface area contributed by atoms with E-state index < -0.39 is 0 Å². The van der Waals surface area contributed by atoms with Crippen molar-refractivity contribution in [2.45, 2.75) is 12.5 Å². The first kappa shape index (κ1) is 22.4. The molecule has 3 aromatic rings. The zero-order valence-electron chi connectivity index (χ0n) is 18.7. The maximum atomic E-state index is 5.38. The standard InChI is InChI=1S/C24H32N6O/c1-25-24(27-18-23(29(2)3)20-7-5-8-22(17-20)31-4)26-15-13-19-9-11-21(12-10-19)30-16-6-14-28-30/h5-12,14,16-17,23H,13,15,18H2,1-4H3,(H2,25,26,27). The minimum atomic E-state index is 0.198. The van der Waals surface area contributed by atoms with Gasteiger partial charge in [0.15, 0.2) is 5.96 Å². The highest BCUT2D eigenvalue weighted by atomic mass is 16.5. The van der Waals surface area contributed by atoms with E-state index in [1.807, 2.05) is 29.1 Å². The summed E-state index contributed by atoms with van der Waals surface area (Å²) in [6, 6.07) is 18.8. The summed E-state index contributed by atoms with van der Waals surface area (Å²) in [5.74, 6) is 1.66. The normalized spacial score (nSPS) is 12.6. The summed E-state index contributed by atoms with van der Waals surface area (Å²) in [7, 11) is 7.65. The Labute approximate surface area is 184 Å². The Balaban J connectivity index is 1.50. The van der Waals surface area contributed by atoms with Gasteiger partial charge in [0.05, 0.1) is 18.8 Å². The highest BCUT2D eigenvalue weighted by Gasteiger charge is 2.15. The lowest BCUT2D eigenvalue weighted by molar-refractivity contribution is 0.297. The number of ether oxygens (including phenoxy) is 1. The van der Waals surface area contributed by atoms with Crippen molar-refractivity contribution in [2.24, 2.45) is 4.99 Å². The van der Waals surface area contributed by atoms with E-state index in [2.05, 4.69) is 76.1 Å². The van der Waals surface area contributed by atoms with E-state index >= 15 is 0 Å². The molecule has 7 nitrogen and oxygen atoms in total. The first-order chi connectivity index (χ1) is 15.1. The average Bonchev–Trinajstić information content (AvgIpc) is 3.33. The second-order valence-electron chi connectivity index (χ2n) is 7.50. The number of rotatable bonds is 9. The number of hydrogen-bond acceptors (Lipinski definition) is 4. The molecule has 2 N–H and O–H groups in total. The van der Waals surface area contributed by atoms with Gasteiger partial charge in [-0.15, -0.1) is 0 Å². The Kier molecular flexibility index (Phi) is 8.06. The zero-order chi connectivity index (χ0) is 22.1. The molecule has 0 fully saturated rings. The Hall–Kier alpha value is -3.32. The summed E-state index contributed by atoms with van der Waals surface area (Å²) in [6.45, 7) is 1.53. The van der Waals surface area contributed by atoms with Crippen molar-refractivity contribution >= 4 is 5.96 Å². The lowest BCUT2D eigenvalue weighted by Crippen LogP contribution is -2.42. The van der Waals surface area contributed by atoms with Crippen molar-refractivity contribution in [3.05, 3.63) is 78.1 Å². The van der Waals surface area contributed by atoms with Crippen LogP contribution in [0.5, 0.6) is 5.75 Å². The molecule has 31 heavy (non-hydrogen) atoms. The summed E-state index contributed by atoms with van der Waals surface area (Å²) in [6.07, 6.45) is 4.64. The summed E-state index contributed by atoms with van der Waals surface area (Å²) < 4.78 is 7.23. The highest BCUT2D eigenvalue weighted by molar-refractivity contribution is 5.79. The number of benzene rings is 2. The zero-order valence-corrected chi connectivity index (χ0v) is 18.7. The molecular weight excluding hydrogens is 388 g/mol. The Morgan fingerprint density at radius 1 is 1.13 bits per heavy atom. The third-order valence-corrected chi connectivity index (χ3v) is 5.20. The van der Waals surface area contributed by atoms with Crippen molar-refractivity contribution < 1.29 is 4.74 Å². The molecule has 0 aliphatic carbocycles. The van der Waals surface area contributed by atoms with Gasteiger partial charge < -0.3 is 20.3 Å². The maximum Gasteiger partial charge on any atom is 0.191 e. The highest BCUT2D eigenvalue weighted by Crippen LogP contribution is 2.22. The van der Waals surface area contributed by atoms with Gasteiger partial charge in [-0.3, -0.25) is 4.99 Å². The summed E-state index contributed by atoms with van der Waals surface area (Å²) in [4.78, 5) is 6.56. The molecule has 3 rings (SSSR count). The van der Waals surface area contributed by atoms with E-state index in [1.165, 1.54) is 11.1 Å².